The Morgan fingerprint density at radius 1 is 1.00 bits per heavy atom. The van der Waals surface area contributed by atoms with Gasteiger partial charge in [0.1, 0.15) is 5.69 Å². The number of benzene rings is 1. The van der Waals surface area contributed by atoms with E-state index in [1.54, 1.807) is 44.7 Å². The second kappa shape index (κ2) is 8.56. The monoisotopic (exact) mass is 355 g/mol. The van der Waals surface area contributed by atoms with Gasteiger partial charge in [-0.1, -0.05) is 19.3 Å². The van der Waals surface area contributed by atoms with Crippen LogP contribution in [0.3, 0.4) is 0 Å². The number of carbonyl (C=O) groups excluding carboxylic acids is 1. The predicted molar refractivity (Wildman–Crippen MR) is 102 cm³/mol. The average Bonchev–Trinajstić information content (AvgIpc) is 2.69. The van der Waals surface area contributed by atoms with Crippen LogP contribution in [0.5, 0.6) is 11.5 Å². The van der Waals surface area contributed by atoms with E-state index >= 15 is 0 Å². The van der Waals surface area contributed by atoms with Crippen molar-refractivity contribution in [3.05, 3.63) is 42.2 Å². The highest BCUT2D eigenvalue weighted by atomic mass is 16.5. The van der Waals surface area contributed by atoms with Gasteiger partial charge in [-0.25, -0.2) is 0 Å². The highest BCUT2D eigenvalue weighted by Gasteiger charge is 2.15. The molecule has 1 aliphatic carbocycles. The number of hydrogen-bond acceptors (Lipinski definition) is 5. The highest BCUT2D eigenvalue weighted by molar-refractivity contribution is 6.03. The fraction of sp³-hybridized carbons (Fsp3) is 0.400. The molecule has 26 heavy (non-hydrogen) atoms. The van der Waals surface area contributed by atoms with Crippen molar-refractivity contribution in [2.45, 2.75) is 38.1 Å². The second-order valence-electron chi connectivity index (χ2n) is 6.43. The van der Waals surface area contributed by atoms with Crippen molar-refractivity contribution in [2.75, 3.05) is 24.9 Å². The van der Waals surface area contributed by atoms with Crippen LogP contribution in [0.1, 0.15) is 42.6 Å². The van der Waals surface area contributed by atoms with E-state index in [-0.39, 0.29) is 5.91 Å². The third-order valence-electron chi connectivity index (χ3n) is 4.61. The summed E-state index contributed by atoms with van der Waals surface area (Å²) in [5.74, 6) is 0.915. The number of pyridine rings is 1. The summed E-state index contributed by atoms with van der Waals surface area (Å²) in [7, 11) is 3.14. The first-order valence-electron chi connectivity index (χ1n) is 8.95. The summed E-state index contributed by atoms with van der Waals surface area (Å²) in [4.78, 5) is 16.7. The molecule has 2 N–H and O–H groups in total. The molecule has 0 spiro atoms. The largest absolute Gasteiger partial charge is 0.493 e. The van der Waals surface area contributed by atoms with Crippen LogP contribution in [0.25, 0.3) is 0 Å². The van der Waals surface area contributed by atoms with Gasteiger partial charge in [-0.15, -0.1) is 0 Å². The summed E-state index contributed by atoms with van der Waals surface area (Å²) >= 11 is 0. The van der Waals surface area contributed by atoms with Gasteiger partial charge in [0.2, 0.25) is 0 Å². The van der Waals surface area contributed by atoms with E-state index in [2.05, 4.69) is 15.6 Å². The topological polar surface area (TPSA) is 72.5 Å². The van der Waals surface area contributed by atoms with Gasteiger partial charge in [0.15, 0.2) is 11.5 Å². The minimum Gasteiger partial charge on any atom is -0.493 e. The lowest BCUT2D eigenvalue weighted by Gasteiger charge is -2.23. The summed E-state index contributed by atoms with van der Waals surface area (Å²) in [6.45, 7) is 0. The Kier molecular flexibility index (Phi) is 5.94. The molecule has 0 bridgehead atoms. The molecule has 2 aromatic rings. The van der Waals surface area contributed by atoms with E-state index < -0.39 is 0 Å². The Labute approximate surface area is 153 Å². The zero-order chi connectivity index (χ0) is 18.4. The number of methoxy groups -OCH3 is 2. The van der Waals surface area contributed by atoms with Crippen LogP contribution in [0.2, 0.25) is 0 Å². The summed E-state index contributed by atoms with van der Waals surface area (Å²) in [5, 5.41) is 6.37. The molecule has 0 unspecified atom stereocenters. The van der Waals surface area contributed by atoms with E-state index in [0.29, 0.717) is 28.9 Å². The quantitative estimate of drug-likeness (QED) is 0.816. The Morgan fingerprint density at radius 2 is 1.77 bits per heavy atom. The van der Waals surface area contributed by atoms with Crippen LogP contribution in [-0.4, -0.2) is 31.2 Å². The minimum absolute atomic E-state index is 0.260. The first-order chi connectivity index (χ1) is 12.7. The van der Waals surface area contributed by atoms with E-state index in [4.69, 9.17) is 9.47 Å². The van der Waals surface area contributed by atoms with Crippen molar-refractivity contribution in [2.24, 2.45) is 0 Å². The number of ether oxygens (including phenoxy) is 2. The predicted octanol–water partition coefficient (Wildman–Crippen LogP) is 4.10. The molecule has 0 radical (unpaired) electrons. The third-order valence-corrected chi connectivity index (χ3v) is 4.61. The van der Waals surface area contributed by atoms with Crippen LogP contribution in [-0.2, 0) is 0 Å². The zero-order valence-electron chi connectivity index (χ0n) is 15.2. The van der Waals surface area contributed by atoms with E-state index in [1.165, 1.54) is 32.1 Å². The van der Waals surface area contributed by atoms with Crippen LogP contribution in [0.15, 0.2) is 36.5 Å². The molecule has 1 aromatic carbocycles. The minimum atomic E-state index is -0.260. The van der Waals surface area contributed by atoms with Crippen molar-refractivity contribution in [1.29, 1.82) is 0 Å². The average molecular weight is 355 g/mol. The summed E-state index contributed by atoms with van der Waals surface area (Å²) in [6, 6.07) is 9.42. The second-order valence-corrected chi connectivity index (χ2v) is 6.43. The van der Waals surface area contributed by atoms with Crippen LogP contribution in [0, 0.1) is 0 Å². The molecule has 1 aliphatic rings. The molecule has 1 amide bonds. The molecule has 138 valence electrons. The van der Waals surface area contributed by atoms with Gasteiger partial charge in [-0.05, 0) is 37.1 Å². The highest BCUT2D eigenvalue weighted by Crippen LogP contribution is 2.30. The van der Waals surface area contributed by atoms with Gasteiger partial charge in [0.25, 0.3) is 5.91 Å². The van der Waals surface area contributed by atoms with Crippen molar-refractivity contribution < 1.29 is 14.3 Å². The molecule has 0 atom stereocenters. The van der Waals surface area contributed by atoms with Crippen molar-refractivity contribution in [1.82, 2.24) is 4.98 Å². The normalized spacial score (nSPS) is 14.5. The van der Waals surface area contributed by atoms with Crippen molar-refractivity contribution in [3.63, 3.8) is 0 Å². The van der Waals surface area contributed by atoms with Gasteiger partial charge >= 0.3 is 0 Å². The van der Waals surface area contributed by atoms with E-state index in [0.717, 1.165) is 5.69 Å². The lowest BCUT2D eigenvalue weighted by molar-refractivity contribution is 0.102. The van der Waals surface area contributed by atoms with Crippen LogP contribution in [0.4, 0.5) is 11.4 Å². The lowest BCUT2D eigenvalue weighted by Crippen LogP contribution is -2.22. The number of amides is 1. The number of aromatic nitrogens is 1. The third kappa shape index (κ3) is 4.45. The Balaban J connectivity index is 1.68. The maximum Gasteiger partial charge on any atom is 0.274 e. The SMILES string of the molecule is COc1ccc(NC(=O)c2cc(NC3CCCCC3)ccn2)cc1OC. The summed E-state index contributed by atoms with van der Waals surface area (Å²) in [5.41, 5.74) is 1.94. The molecular formula is C20H25N3O3. The molecule has 1 aromatic heterocycles. The van der Waals surface area contributed by atoms with E-state index in [1.807, 2.05) is 6.07 Å². The molecule has 6 nitrogen and oxygen atoms in total. The van der Waals surface area contributed by atoms with Gasteiger partial charge in [-0.3, -0.25) is 9.78 Å². The lowest BCUT2D eigenvalue weighted by atomic mass is 9.95. The maximum absolute atomic E-state index is 12.5. The van der Waals surface area contributed by atoms with Gasteiger partial charge in [0.05, 0.1) is 14.2 Å². The molecule has 0 saturated heterocycles. The van der Waals surface area contributed by atoms with Gasteiger partial charge in [-0.2, -0.15) is 0 Å². The van der Waals surface area contributed by atoms with Gasteiger partial charge in [0, 0.05) is 29.7 Å². The standard InChI is InChI=1S/C20H25N3O3/c1-25-18-9-8-15(13-19(18)26-2)23-20(24)17-12-16(10-11-21-17)22-14-6-4-3-5-7-14/h8-14H,3-7H2,1-2H3,(H,21,22)(H,23,24). The summed E-state index contributed by atoms with van der Waals surface area (Å²) in [6.07, 6.45) is 7.85. The fourth-order valence-corrected chi connectivity index (χ4v) is 3.24. The first kappa shape index (κ1) is 18.0. The van der Waals surface area contributed by atoms with Gasteiger partial charge < -0.3 is 20.1 Å². The molecular weight excluding hydrogens is 330 g/mol. The Morgan fingerprint density at radius 3 is 2.50 bits per heavy atom. The van der Waals surface area contributed by atoms with Crippen molar-refractivity contribution >= 4 is 17.3 Å². The number of nitrogens with zero attached hydrogens (tertiary/aromatic N) is 1. The molecule has 1 heterocycles. The molecule has 6 heteroatoms. The first-order valence-corrected chi connectivity index (χ1v) is 8.95. The van der Waals surface area contributed by atoms with Crippen LogP contribution < -0.4 is 20.1 Å². The van der Waals surface area contributed by atoms with E-state index in [9.17, 15) is 4.79 Å². The number of nitrogens with one attached hydrogen (secondary N) is 2. The fourth-order valence-electron chi connectivity index (χ4n) is 3.24. The molecule has 1 fully saturated rings. The number of anilines is 2. The zero-order valence-corrected chi connectivity index (χ0v) is 15.2. The maximum atomic E-state index is 12.5. The molecule has 3 rings (SSSR count). The number of carbonyl (C=O) groups is 1. The van der Waals surface area contributed by atoms with Crippen molar-refractivity contribution in [3.8, 4) is 11.5 Å². The Bertz CT molecular complexity index is 758. The Hall–Kier alpha value is -2.76. The molecule has 0 aliphatic heterocycles. The molecule has 1 saturated carbocycles. The number of hydrogen-bond donors (Lipinski definition) is 2. The number of rotatable bonds is 6. The smallest absolute Gasteiger partial charge is 0.274 e. The van der Waals surface area contributed by atoms with Crippen LogP contribution >= 0.6 is 0 Å². The summed E-state index contributed by atoms with van der Waals surface area (Å²) < 4.78 is 10.5.